The molecule has 1 aliphatic carbocycles. The minimum Gasteiger partial charge on any atom is -0.383 e. The van der Waals surface area contributed by atoms with Crippen LogP contribution in [0, 0.1) is 5.92 Å². The molecule has 118 valence electrons. The largest absolute Gasteiger partial charge is 0.383 e. The van der Waals surface area contributed by atoms with E-state index in [1.54, 1.807) is 12.0 Å². The van der Waals surface area contributed by atoms with Crippen molar-refractivity contribution in [1.29, 1.82) is 0 Å². The molecule has 1 unspecified atom stereocenters. The van der Waals surface area contributed by atoms with Crippen LogP contribution in [0.1, 0.15) is 19.8 Å². The summed E-state index contributed by atoms with van der Waals surface area (Å²) in [7, 11) is 1.59. The lowest BCUT2D eigenvalue weighted by Gasteiger charge is -2.27. The van der Waals surface area contributed by atoms with Crippen molar-refractivity contribution < 1.29 is 15.7 Å². The molecular formula is C15H20N4O3. The van der Waals surface area contributed by atoms with Crippen molar-refractivity contribution in [3.05, 3.63) is 23.2 Å². The second-order valence-electron chi connectivity index (χ2n) is 6.33. The Hall–Kier alpha value is -1.86. The van der Waals surface area contributed by atoms with E-state index in [9.17, 15) is 9.59 Å². The zero-order chi connectivity index (χ0) is 16.3. The highest BCUT2D eigenvalue weighted by Gasteiger charge is 2.46. The van der Waals surface area contributed by atoms with Crippen molar-refractivity contribution in [2.75, 3.05) is 20.3 Å². The summed E-state index contributed by atoms with van der Waals surface area (Å²) in [5.41, 5.74) is 2.03. The summed E-state index contributed by atoms with van der Waals surface area (Å²) >= 11 is 0. The highest BCUT2D eigenvalue weighted by molar-refractivity contribution is 6.10. The zero-order valence-electron chi connectivity index (χ0n) is 13.7. The van der Waals surface area contributed by atoms with Gasteiger partial charge in [-0.1, -0.05) is 0 Å². The molecule has 7 nitrogen and oxygen atoms in total. The van der Waals surface area contributed by atoms with Crippen LogP contribution in [-0.4, -0.2) is 54.1 Å². The van der Waals surface area contributed by atoms with Gasteiger partial charge >= 0.3 is 0 Å². The molecule has 1 saturated carbocycles. The fourth-order valence-electron chi connectivity index (χ4n) is 3.23. The van der Waals surface area contributed by atoms with Gasteiger partial charge in [0.1, 0.15) is 12.9 Å². The molecule has 7 heteroatoms. The van der Waals surface area contributed by atoms with Crippen molar-refractivity contribution in [3.8, 4) is 0 Å². The first-order chi connectivity index (χ1) is 11.0. The smallest absolute Gasteiger partial charge is 0.274 e. The molecule has 0 bridgehead atoms. The Morgan fingerprint density at radius 1 is 1.45 bits per heavy atom. The number of hydrogen-bond donors (Lipinski definition) is 2. The first-order valence-corrected chi connectivity index (χ1v) is 7.67. The van der Waals surface area contributed by atoms with Crippen molar-refractivity contribution in [1.82, 2.24) is 20.6 Å². The van der Waals surface area contributed by atoms with E-state index in [4.69, 9.17) is 6.15 Å². The standard InChI is InChI=1S/C15H20N4O3/c1-8(7-22-2)18-6-10-13(15(18)21)16-12-5-11(9-3-4-9)17-19(12)14(10)20/h5,8-9,11,16-17H,3-4,6-7H2,1-2H3/t8-,11?/m0/s1/i/hD. The summed E-state index contributed by atoms with van der Waals surface area (Å²) in [6, 6.07) is -0.192. The molecule has 4 rings (SSSR count). The Morgan fingerprint density at radius 2 is 2.23 bits per heavy atom. The SMILES string of the molecule is [2H]N1C(C2CC2)C=C2NC3=C(CN([C@@H](C)COC)C3=O)C(=O)N21. The Labute approximate surface area is 130 Å². The van der Waals surface area contributed by atoms with Crippen molar-refractivity contribution >= 4 is 11.8 Å². The van der Waals surface area contributed by atoms with Gasteiger partial charge in [0, 0.05) is 7.11 Å². The summed E-state index contributed by atoms with van der Waals surface area (Å²) in [4.78, 5) is 27.0. The van der Waals surface area contributed by atoms with E-state index in [0.717, 1.165) is 12.8 Å². The van der Waals surface area contributed by atoms with Gasteiger partial charge in [0.25, 0.3) is 11.8 Å². The first-order valence-electron chi connectivity index (χ1n) is 8.12. The number of amides is 2. The molecule has 0 aromatic rings. The van der Waals surface area contributed by atoms with E-state index in [0.29, 0.717) is 29.6 Å². The number of nitrogens with zero attached hydrogens (tertiary/aromatic N) is 2. The molecule has 2 N–H and O–H groups in total. The maximum absolute atomic E-state index is 12.8. The van der Waals surface area contributed by atoms with Gasteiger partial charge in [0.05, 0.1) is 30.8 Å². The highest BCUT2D eigenvalue weighted by atomic mass is 16.5. The van der Waals surface area contributed by atoms with Crippen molar-refractivity contribution in [2.24, 2.45) is 5.92 Å². The van der Waals surface area contributed by atoms with Crippen LogP contribution in [0.3, 0.4) is 0 Å². The summed E-state index contributed by atoms with van der Waals surface area (Å²) in [5.74, 6) is 0.521. The van der Waals surface area contributed by atoms with E-state index >= 15 is 0 Å². The molecule has 4 aliphatic rings. The van der Waals surface area contributed by atoms with E-state index < -0.39 is 0 Å². The number of nitrogens with one attached hydrogen (secondary N) is 2. The van der Waals surface area contributed by atoms with E-state index in [-0.39, 0.29) is 30.4 Å². The summed E-state index contributed by atoms with van der Waals surface area (Å²) in [5, 5.41) is 4.43. The van der Waals surface area contributed by atoms with Crippen molar-refractivity contribution in [2.45, 2.75) is 31.8 Å². The number of fused-ring (bicyclic) bond motifs is 1. The van der Waals surface area contributed by atoms with Gasteiger partial charge in [-0.05, 0) is 31.8 Å². The van der Waals surface area contributed by atoms with Crippen LogP contribution in [0.2, 0.25) is 1.41 Å². The molecule has 0 spiro atoms. The Bertz CT molecular complexity index is 643. The number of methoxy groups -OCH3 is 1. The lowest BCUT2D eigenvalue weighted by atomic mass is 10.1. The van der Waals surface area contributed by atoms with Gasteiger partial charge in [0.2, 0.25) is 0 Å². The van der Waals surface area contributed by atoms with Crippen LogP contribution in [0.25, 0.3) is 0 Å². The minimum atomic E-state index is -0.274. The number of rotatable bonds is 4. The van der Waals surface area contributed by atoms with Gasteiger partial charge in [-0.25, -0.2) is 10.4 Å². The maximum Gasteiger partial charge on any atom is 0.274 e. The molecule has 0 aromatic heterocycles. The average molecular weight is 305 g/mol. The third kappa shape index (κ3) is 1.96. The molecule has 22 heavy (non-hydrogen) atoms. The summed E-state index contributed by atoms with van der Waals surface area (Å²) < 4.78 is 13.3. The van der Waals surface area contributed by atoms with Gasteiger partial charge in [0.15, 0.2) is 0 Å². The second kappa shape index (κ2) is 4.82. The van der Waals surface area contributed by atoms with Crippen LogP contribution in [-0.2, 0) is 14.3 Å². The lowest BCUT2D eigenvalue weighted by Crippen LogP contribution is -2.48. The third-order valence-electron chi connectivity index (χ3n) is 4.66. The quantitative estimate of drug-likeness (QED) is 0.745. The van der Waals surface area contributed by atoms with E-state index in [1.807, 2.05) is 13.0 Å². The lowest BCUT2D eigenvalue weighted by molar-refractivity contribution is -0.129. The molecule has 0 saturated heterocycles. The minimum absolute atomic E-state index is 0.0832. The third-order valence-corrected chi connectivity index (χ3v) is 4.66. The molecule has 2 atom stereocenters. The average Bonchev–Trinajstić information content (AvgIpc) is 3.23. The number of hydrogen-bond acceptors (Lipinski definition) is 5. The monoisotopic (exact) mass is 305 g/mol. The molecule has 0 aromatic carbocycles. The molecule has 3 heterocycles. The molecule has 3 aliphatic heterocycles. The topological polar surface area (TPSA) is 73.9 Å². The fourth-order valence-corrected chi connectivity index (χ4v) is 3.23. The van der Waals surface area contributed by atoms with Crippen LogP contribution in [0.5, 0.6) is 0 Å². The van der Waals surface area contributed by atoms with Crippen LogP contribution < -0.4 is 10.7 Å². The Kier molecular flexibility index (Phi) is 2.78. The van der Waals surface area contributed by atoms with Crippen molar-refractivity contribution in [3.63, 3.8) is 0 Å². The van der Waals surface area contributed by atoms with Gasteiger partial charge < -0.3 is 15.0 Å². The van der Waals surface area contributed by atoms with E-state index in [1.165, 1.54) is 10.4 Å². The second-order valence-corrected chi connectivity index (χ2v) is 6.33. The fraction of sp³-hybridized carbons (Fsp3) is 0.600. The molecule has 1 fully saturated rings. The van der Waals surface area contributed by atoms with Crippen LogP contribution >= 0.6 is 0 Å². The Balaban J connectivity index is 1.60. The number of carbonyl (C=O) groups excluding carboxylic acids is 2. The van der Waals surface area contributed by atoms with Gasteiger partial charge in [-0.3, -0.25) is 9.59 Å². The van der Waals surface area contributed by atoms with E-state index in [2.05, 4.69) is 5.32 Å². The predicted molar refractivity (Wildman–Crippen MR) is 77.8 cm³/mol. The zero-order valence-corrected chi connectivity index (χ0v) is 12.7. The Morgan fingerprint density at radius 3 is 2.91 bits per heavy atom. The number of carbonyl (C=O) groups is 2. The summed E-state index contributed by atoms with van der Waals surface area (Å²) in [6.45, 7) is 2.57. The first kappa shape index (κ1) is 12.7. The summed E-state index contributed by atoms with van der Waals surface area (Å²) in [6.07, 6.45) is 4.06. The molecule has 0 radical (unpaired) electrons. The van der Waals surface area contributed by atoms with Crippen LogP contribution in [0.15, 0.2) is 23.2 Å². The van der Waals surface area contributed by atoms with Gasteiger partial charge in [-0.2, -0.15) is 0 Å². The maximum atomic E-state index is 12.8. The normalized spacial score (nSPS) is 30.2. The number of ether oxygens (including phenoxy) is 1. The van der Waals surface area contributed by atoms with Crippen LogP contribution in [0.4, 0.5) is 0 Å². The molecular weight excluding hydrogens is 284 g/mol. The highest BCUT2D eigenvalue weighted by Crippen LogP contribution is 2.37. The van der Waals surface area contributed by atoms with Gasteiger partial charge in [-0.15, -0.1) is 0 Å². The predicted octanol–water partition coefficient (Wildman–Crippen LogP) is -0.312. The molecule has 2 amide bonds. The number of hydrazine groups is 1.